The van der Waals surface area contributed by atoms with Crippen LogP contribution in [0.3, 0.4) is 0 Å². The second kappa shape index (κ2) is 4.61. The van der Waals surface area contributed by atoms with Crippen LogP contribution in [-0.4, -0.2) is 35.8 Å². The van der Waals surface area contributed by atoms with Gasteiger partial charge >= 0.3 is 11.9 Å². The Morgan fingerprint density at radius 3 is 2.80 bits per heavy atom. The Kier molecular flexibility index (Phi) is 3.68. The number of hydrogen-bond donors (Lipinski definition) is 0. The molecule has 1 atom stereocenters. The number of carbonyl (C=O) groups is 3. The molecule has 1 aliphatic heterocycles. The molecule has 0 amide bonds. The SMILES string of the molecule is CCOC(=O)C(=O)C1(Cl)CCCOC1=O. The summed E-state index contributed by atoms with van der Waals surface area (Å²) in [7, 11) is 0. The topological polar surface area (TPSA) is 69.7 Å². The van der Waals surface area contributed by atoms with Crippen molar-refractivity contribution >= 4 is 29.3 Å². The first-order valence-electron chi connectivity index (χ1n) is 4.60. The molecule has 0 aliphatic carbocycles. The first-order valence-corrected chi connectivity index (χ1v) is 4.98. The zero-order valence-electron chi connectivity index (χ0n) is 8.25. The van der Waals surface area contributed by atoms with E-state index in [0.29, 0.717) is 6.42 Å². The van der Waals surface area contributed by atoms with Gasteiger partial charge in [0.05, 0.1) is 13.2 Å². The molecule has 1 heterocycles. The molecule has 15 heavy (non-hydrogen) atoms. The van der Waals surface area contributed by atoms with Crippen molar-refractivity contribution < 1.29 is 23.9 Å². The van der Waals surface area contributed by atoms with E-state index in [1.54, 1.807) is 6.92 Å². The molecule has 1 saturated heterocycles. The van der Waals surface area contributed by atoms with Crippen LogP contribution in [-0.2, 0) is 23.9 Å². The zero-order chi connectivity index (χ0) is 11.5. The molecule has 1 unspecified atom stereocenters. The lowest BCUT2D eigenvalue weighted by molar-refractivity contribution is -0.163. The molecule has 0 aromatic heterocycles. The Morgan fingerprint density at radius 1 is 1.60 bits per heavy atom. The van der Waals surface area contributed by atoms with Crippen molar-refractivity contribution in [3.05, 3.63) is 0 Å². The number of Topliss-reactive ketones (excluding diaryl/α,β-unsaturated/α-hetero) is 1. The average Bonchev–Trinajstić information content (AvgIpc) is 2.22. The minimum atomic E-state index is -1.88. The third-order valence-corrected chi connectivity index (χ3v) is 2.56. The fourth-order valence-corrected chi connectivity index (χ4v) is 1.53. The van der Waals surface area contributed by atoms with Crippen LogP contribution >= 0.6 is 11.6 Å². The van der Waals surface area contributed by atoms with Crippen molar-refractivity contribution in [2.45, 2.75) is 24.6 Å². The average molecular weight is 235 g/mol. The molecule has 1 fully saturated rings. The van der Waals surface area contributed by atoms with Crippen LogP contribution < -0.4 is 0 Å². The number of cyclic esters (lactones) is 1. The van der Waals surface area contributed by atoms with Gasteiger partial charge < -0.3 is 9.47 Å². The molecule has 1 rings (SSSR count). The summed E-state index contributed by atoms with van der Waals surface area (Å²) < 4.78 is 9.13. The molecular weight excluding hydrogens is 224 g/mol. The van der Waals surface area contributed by atoms with Crippen molar-refractivity contribution in [2.75, 3.05) is 13.2 Å². The summed E-state index contributed by atoms with van der Waals surface area (Å²) in [5.74, 6) is -3.00. The number of alkyl halides is 1. The highest BCUT2D eigenvalue weighted by molar-refractivity contribution is 6.57. The Hall–Kier alpha value is -1.10. The molecule has 0 radical (unpaired) electrons. The molecule has 5 nitrogen and oxygen atoms in total. The molecule has 0 aromatic rings. The highest BCUT2D eigenvalue weighted by Crippen LogP contribution is 2.29. The molecule has 0 spiro atoms. The van der Waals surface area contributed by atoms with Crippen molar-refractivity contribution in [2.24, 2.45) is 0 Å². The van der Waals surface area contributed by atoms with Crippen molar-refractivity contribution in [1.82, 2.24) is 0 Å². The Labute approximate surface area is 91.7 Å². The van der Waals surface area contributed by atoms with Gasteiger partial charge in [0, 0.05) is 0 Å². The van der Waals surface area contributed by atoms with Gasteiger partial charge in [-0.15, -0.1) is 0 Å². The van der Waals surface area contributed by atoms with Crippen molar-refractivity contribution in [3.8, 4) is 0 Å². The fourth-order valence-electron chi connectivity index (χ4n) is 1.26. The van der Waals surface area contributed by atoms with Gasteiger partial charge in [-0.05, 0) is 19.8 Å². The van der Waals surface area contributed by atoms with Gasteiger partial charge in [0.2, 0.25) is 4.87 Å². The monoisotopic (exact) mass is 234 g/mol. The van der Waals surface area contributed by atoms with E-state index in [1.165, 1.54) is 0 Å². The first-order chi connectivity index (χ1) is 7.02. The van der Waals surface area contributed by atoms with E-state index in [2.05, 4.69) is 9.47 Å². The quantitative estimate of drug-likeness (QED) is 0.307. The van der Waals surface area contributed by atoms with Gasteiger partial charge in [-0.3, -0.25) is 4.79 Å². The Balaban J connectivity index is 2.79. The van der Waals surface area contributed by atoms with Crippen LogP contribution in [0.4, 0.5) is 0 Å². The third-order valence-electron chi connectivity index (χ3n) is 2.04. The summed E-state index contributed by atoms with van der Waals surface area (Å²) in [6.45, 7) is 1.85. The minimum Gasteiger partial charge on any atom is -0.464 e. The molecule has 0 bridgehead atoms. The van der Waals surface area contributed by atoms with Gasteiger partial charge in [-0.1, -0.05) is 11.6 Å². The van der Waals surface area contributed by atoms with Crippen LogP contribution in [0.15, 0.2) is 0 Å². The molecule has 0 N–H and O–H groups in total. The number of rotatable bonds is 3. The van der Waals surface area contributed by atoms with Crippen LogP contribution in [0.1, 0.15) is 19.8 Å². The number of ketones is 1. The molecule has 6 heteroatoms. The first kappa shape index (κ1) is 12.0. The predicted octanol–water partition coefficient (Wildman–Crippen LogP) is 0.433. The van der Waals surface area contributed by atoms with Gasteiger partial charge in [0.1, 0.15) is 0 Å². The molecule has 0 saturated carbocycles. The van der Waals surface area contributed by atoms with Crippen molar-refractivity contribution in [1.29, 1.82) is 0 Å². The maximum atomic E-state index is 11.5. The van der Waals surface area contributed by atoms with Crippen LogP contribution in [0, 0.1) is 0 Å². The number of carbonyl (C=O) groups excluding carboxylic acids is 3. The lowest BCUT2D eigenvalue weighted by Crippen LogP contribution is -2.49. The summed E-state index contributed by atoms with van der Waals surface area (Å²) >= 11 is 5.78. The van der Waals surface area contributed by atoms with Crippen molar-refractivity contribution in [3.63, 3.8) is 0 Å². The highest BCUT2D eigenvalue weighted by atomic mass is 35.5. The van der Waals surface area contributed by atoms with Gasteiger partial charge in [0.15, 0.2) is 0 Å². The lowest BCUT2D eigenvalue weighted by atomic mass is 9.95. The van der Waals surface area contributed by atoms with E-state index in [4.69, 9.17) is 11.6 Å². The number of esters is 2. The van der Waals surface area contributed by atoms with Crippen LogP contribution in [0.2, 0.25) is 0 Å². The van der Waals surface area contributed by atoms with Gasteiger partial charge in [-0.2, -0.15) is 0 Å². The predicted molar refractivity (Wildman–Crippen MR) is 50.4 cm³/mol. The second-order valence-corrected chi connectivity index (χ2v) is 3.74. The Bertz CT molecular complexity index is 301. The lowest BCUT2D eigenvalue weighted by Gasteiger charge is -2.26. The molecule has 1 aliphatic rings. The summed E-state index contributed by atoms with van der Waals surface area (Å²) in [5, 5.41) is 0. The fraction of sp³-hybridized carbons (Fsp3) is 0.667. The Morgan fingerprint density at radius 2 is 2.27 bits per heavy atom. The summed E-state index contributed by atoms with van der Waals surface area (Å²) in [4.78, 5) is 32.0. The number of ether oxygens (including phenoxy) is 2. The number of hydrogen-bond acceptors (Lipinski definition) is 5. The van der Waals surface area contributed by atoms with E-state index in [0.717, 1.165) is 0 Å². The van der Waals surface area contributed by atoms with E-state index in [9.17, 15) is 14.4 Å². The van der Waals surface area contributed by atoms with Crippen LogP contribution in [0.5, 0.6) is 0 Å². The normalized spacial score (nSPS) is 25.6. The smallest absolute Gasteiger partial charge is 0.377 e. The van der Waals surface area contributed by atoms with E-state index in [-0.39, 0.29) is 19.6 Å². The number of halogens is 1. The van der Waals surface area contributed by atoms with Crippen LogP contribution in [0.25, 0.3) is 0 Å². The van der Waals surface area contributed by atoms with Gasteiger partial charge in [0.25, 0.3) is 5.78 Å². The molecule has 84 valence electrons. The van der Waals surface area contributed by atoms with Gasteiger partial charge in [-0.25, -0.2) is 9.59 Å². The van der Waals surface area contributed by atoms with E-state index >= 15 is 0 Å². The molecular formula is C9H11ClO5. The third kappa shape index (κ3) is 2.28. The summed E-state index contributed by atoms with van der Waals surface area (Å²) in [6, 6.07) is 0. The minimum absolute atomic E-state index is 0.0621. The van der Waals surface area contributed by atoms with E-state index in [1.807, 2.05) is 0 Å². The molecule has 0 aromatic carbocycles. The summed E-state index contributed by atoms with van der Waals surface area (Å²) in [6.07, 6.45) is 0.561. The zero-order valence-corrected chi connectivity index (χ0v) is 9.00. The second-order valence-electron chi connectivity index (χ2n) is 3.09. The largest absolute Gasteiger partial charge is 0.464 e. The highest BCUT2D eigenvalue weighted by Gasteiger charge is 2.50. The maximum absolute atomic E-state index is 11.5. The maximum Gasteiger partial charge on any atom is 0.377 e. The van der Waals surface area contributed by atoms with E-state index < -0.39 is 22.6 Å². The standard InChI is InChI=1S/C9H11ClO5/c1-2-14-7(12)6(11)9(10)4-3-5-15-8(9)13/h2-5H2,1H3. The summed E-state index contributed by atoms with van der Waals surface area (Å²) in [5.41, 5.74) is 0.